The normalized spacial score (nSPS) is 10.3. The molecule has 0 atom stereocenters. The lowest BCUT2D eigenvalue weighted by Crippen LogP contribution is -2.05. The van der Waals surface area contributed by atoms with Gasteiger partial charge in [-0.3, -0.25) is 4.79 Å². The number of benzene rings is 2. The van der Waals surface area contributed by atoms with Crippen molar-refractivity contribution in [2.75, 3.05) is 20.0 Å². The Balaban J connectivity index is 2.54. The number of carbonyl (C=O) groups excluding carboxylic acids is 1. The van der Waals surface area contributed by atoms with Crippen molar-refractivity contribution in [1.29, 1.82) is 0 Å². The van der Waals surface area contributed by atoms with Crippen molar-refractivity contribution >= 4 is 34.7 Å². The number of methoxy groups -OCH3 is 2. The summed E-state index contributed by atoms with van der Waals surface area (Å²) in [5.74, 6) is 0.702. The van der Waals surface area contributed by atoms with Gasteiger partial charge in [-0.2, -0.15) is 0 Å². The zero-order chi connectivity index (χ0) is 15.6. The van der Waals surface area contributed by atoms with Crippen LogP contribution in [0.4, 0.5) is 5.69 Å². The van der Waals surface area contributed by atoms with E-state index in [0.29, 0.717) is 22.6 Å². The summed E-state index contributed by atoms with van der Waals surface area (Å²) in [5, 5.41) is 0.452. The highest BCUT2D eigenvalue weighted by atomic mass is 35.5. The number of ether oxygens (including phenoxy) is 2. The molecule has 4 nitrogen and oxygen atoms in total. The van der Waals surface area contributed by atoms with E-state index in [1.807, 2.05) is 0 Å². The van der Waals surface area contributed by atoms with E-state index in [1.165, 1.54) is 26.4 Å². The minimum Gasteiger partial charge on any atom is -0.497 e. The third kappa shape index (κ3) is 3.06. The molecule has 0 heterocycles. The molecule has 2 rings (SSSR count). The van der Waals surface area contributed by atoms with Crippen molar-refractivity contribution < 1.29 is 14.3 Å². The second kappa shape index (κ2) is 6.24. The molecule has 0 saturated carbocycles. The number of hydrogen-bond donors (Lipinski definition) is 1. The molecule has 0 aromatic heterocycles. The van der Waals surface area contributed by atoms with Gasteiger partial charge in [0.25, 0.3) is 0 Å². The molecule has 0 saturated heterocycles. The zero-order valence-corrected chi connectivity index (χ0v) is 13.0. The number of carbonyl (C=O) groups is 1. The lowest BCUT2D eigenvalue weighted by molar-refractivity contribution is 0.103. The van der Waals surface area contributed by atoms with Crippen LogP contribution in [-0.4, -0.2) is 20.0 Å². The van der Waals surface area contributed by atoms with Crippen molar-refractivity contribution in [3.05, 3.63) is 51.5 Å². The summed E-state index contributed by atoms with van der Waals surface area (Å²) in [6.07, 6.45) is 0. The molecule has 0 fully saturated rings. The summed E-state index contributed by atoms with van der Waals surface area (Å²) in [5.41, 5.74) is 6.67. The van der Waals surface area contributed by atoms with E-state index in [9.17, 15) is 4.79 Å². The van der Waals surface area contributed by atoms with Gasteiger partial charge in [-0.25, -0.2) is 0 Å². The third-order valence-corrected chi connectivity index (χ3v) is 3.79. The lowest BCUT2D eigenvalue weighted by Gasteiger charge is -2.11. The van der Waals surface area contributed by atoms with Crippen molar-refractivity contribution in [1.82, 2.24) is 0 Å². The standard InChI is InChI=1S/C15H13Cl2NO3/c1-20-9-3-4-13(21-2)10(7-9)15(19)8-5-11(16)14(17)12(18)6-8/h3-7H,18H2,1-2H3. The molecule has 0 aliphatic carbocycles. The van der Waals surface area contributed by atoms with Crippen molar-refractivity contribution in [3.63, 3.8) is 0 Å². The molecule has 2 aromatic rings. The largest absolute Gasteiger partial charge is 0.497 e. The minimum atomic E-state index is -0.281. The minimum absolute atomic E-state index is 0.224. The van der Waals surface area contributed by atoms with Gasteiger partial charge in [0.1, 0.15) is 11.5 Å². The van der Waals surface area contributed by atoms with E-state index in [4.69, 9.17) is 38.4 Å². The van der Waals surface area contributed by atoms with Crippen molar-refractivity contribution in [3.8, 4) is 11.5 Å². The van der Waals surface area contributed by atoms with Crippen LogP contribution in [0, 0.1) is 0 Å². The molecular formula is C15H13Cl2NO3. The highest BCUT2D eigenvalue weighted by molar-refractivity contribution is 6.44. The van der Waals surface area contributed by atoms with Crippen LogP contribution in [0.2, 0.25) is 10.0 Å². The van der Waals surface area contributed by atoms with E-state index >= 15 is 0 Å². The van der Waals surface area contributed by atoms with Crippen LogP contribution in [0.25, 0.3) is 0 Å². The van der Waals surface area contributed by atoms with Gasteiger partial charge in [0, 0.05) is 5.56 Å². The van der Waals surface area contributed by atoms with Crippen LogP contribution in [0.1, 0.15) is 15.9 Å². The smallest absolute Gasteiger partial charge is 0.197 e. The van der Waals surface area contributed by atoms with Crippen LogP contribution in [0.5, 0.6) is 11.5 Å². The van der Waals surface area contributed by atoms with Crippen molar-refractivity contribution in [2.45, 2.75) is 0 Å². The van der Waals surface area contributed by atoms with E-state index in [0.717, 1.165) is 0 Å². The monoisotopic (exact) mass is 325 g/mol. The van der Waals surface area contributed by atoms with E-state index in [-0.39, 0.29) is 21.5 Å². The number of anilines is 1. The Bertz CT molecular complexity index is 678. The first-order valence-electron chi connectivity index (χ1n) is 5.99. The number of nitrogen functional groups attached to an aromatic ring is 1. The first kappa shape index (κ1) is 15.5. The summed E-state index contributed by atoms with van der Waals surface area (Å²) in [7, 11) is 3.01. The highest BCUT2D eigenvalue weighted by Gasteiger charge is 2.18. The predicted octanol–water partition coefficient (Wildman–Crippen LogP) is 3.82. The summed E-state index contributed by atoms with van der Waals surface area (Å²) in [6, 6.07) is 7.92. The van der Waals surface area contributed by atoms with Gasteiger partial charge in [0.15, 0.2) is 5.78 Å². The van der Waals surface area contributed by atoms with Gasteiger partial charge in [0.05, 0.1) is 35.5 Å². The highest BCUT2D eigenvalue weighted by Crippen LogP contribution is 2.32. The number of nitrogens with two attached hydrogens (primary N) is 1. The molecule has 6 heteroatoms. The Morgan fingerprint density at radius 1 is 1.10 bits per heavy atom. The number of rotatable bonds is 4. The Morgan fingerprint density at radius 2 is 1.81 bits per heavy atom. The summed E-state index contributed by atoms with van der Waals surface area (Å²) in [6.45, 7) is 0. The Hall–Kier alpha value is -1.91. The Labute approximate surface area is 132 Å². The molecule has 2 aromatic carbocycles. The Morgan fingerprint density at radius 3 is 2.38 bits per heavy atom. The molecule has 0 aliphatic heterocycles. The molecule has 0 amide bonds. The fraction of sp³-hybridized carbons (Fsp3) is 0.133. The van der Waals surface area contributed by atoms with Gasteiger partial charge < -0.3 is 15.2 Å². The van der Waals surface area contributed by atoms with Crippen LogP contribution >= 0.6 is 23.2 Å². The average Bonchev–Trinajstić information content (AvgIpc) is 2.50. The molecule has 110 valence electrons. The second-order valence-electron chi connectivity index (χ2n) is 4.26. The molecule has 0 aliphatic rings. The van der Waals surface area contributed by atoms with Crippen LogP contribution in [0.3, 0.4) is 0 Å². The maximum atomic E-state index is 12.6. The van der Waals surface area contributed by atoms with E-state index < -0.39 is 0 Å². The molecule has 0 bridgehead atoms. The van der Waals surface area contributed by atoms with Crippen LogP contribution in [-0.2, 0) is 0 Å². The maximum Gasteiger partial charge on any atom is 0.197 e. The molecule has 2 N–H and O–H groups in total. The van der Waals surface area contributed by atoms with Gasteiger partial charge in [-0.1, -0.05) is 23.2 Å². The number of hydrogen-bond acceptors (Lipinski definition) is 4. The lowest BCUT2D eigenvalue weighted by atomic mass is 10.0. The SMILES string of the molecule is COc1ccc(OC)c(C(=O)c2cc(N)c(Cl)c(Cl)c2)c1. The molecule has 0 radical (unpaired) electrons. The van der Waals surface area contributed by atoms with E-state index in [1.54, 1.807) is 18.2 Å². The summed E-state index contributed by atoms with van der Waals surface area (Å²) < 4.78 is 10.3. The fourth-order valence-corrected chi connectivity index (χ4v) is 2.22. The van der Waals surface area contributed by atoms with Gasteiger partial charge in [0.2, 0.25) is 0 Å². The van der Waals surface area contributed by atoms with Gasteiger partial charge in [-0.05, 0) is 30.3 Å². The number of halogens is 2. The second-order valence-corrected chi connectivity index (χ2v) is 5.04. The van der Waals surface area contributed by atoms with Gasteiger partial charge >= 0.3 is 0 Å². The third-order valence-electron chi connectivity index (χ3n) is 2.97. The molecular weight excluding hydrogens is 313 g/mol. The zero-order valence-electron chi connectivity index (χ0n) is 11.4. The van der Waals surface area contributed by atoms with Gasteiger partial charge in [-0.15, -0.1) is 0 Å². The molecule has 0 unspecified atom stereocenters. The molecule has 0 spiro atoms. The van der Waals surface area contributed by atoms with Crippen LogP contribution in [0.15, 0.2) is 30.3 Å². The van der Waals surface area contributed by atoms with Crippen molar-refractivity contribution in [2.24, 2.45) is 0 Å². The first-order valence-corrected chi connectivity index (χ1v) is 6.74. The summed E-state index contributed by atoms with van der Waals surface area (Å²) >= 11 is 11.9. The fourth-order valence-electron chi connectivity index (χ4n) is 1.89. The quantitative estimate of drug-likeness (QED) is 0.685. The Kier molecular flexibility index (Phi) is 4.60. The topological polar surface area (TPSA) is 61.5 Å². The molecule has 21 heavy (non-hydrogen) atoms. The van der Waals surface area contributed by atoms with Crippen LogP contribution < -0.4 is 15.2 Å². The van der Waals surface area contributed by atoms with E-state index in [2.05, 4.69) is 0 Å². The predicted molar refractivity (Wildman–Crippen MR) is 83.9 cm³/mol. The average molecular weight is 326 g/mol. The maximum absolute atomic E-state index is 12.6. The summed E-state index contributed by atoms with van der Waals surface area (Å²) in [4.78, 5) is 12.6. The number of ketones is 1. The first-order chi connectivity index (χ1) is 9.97.